The van der Waals surface area contributed by atoms with Crippen LogP contribution in [-0.4, -0.2) is 26.5 Å². The average molecular weight is 499 g/mol. The van der Waals surface area contributed by atoms with E-state index >= 15 is 0 Å². The number of aromatic nitrogens is 4. The molecular formula is C23H19ClN4O3S2. The quantitative estimate of drug-likeness (QED) is 0.212. The summed E-state index contributed by atoms with van der Waals surface area (Å²) in [5.41, 5.74) is 1.99. The van der Waals surface area contributed by atoms with Gasteiger partial charge in [-0.1, -0.05) is 29.4 Å². The molecule has 168 valence electrons. The van der Waals surface area contributed by atoms with E-state index in [0.717, 1.165) is 44.5 Å². The summed E-state index contributed by atoms with van der Waals surface area (Å²) >= 11 is 9.11. The van der Waals surface area contributed by atoms with Gasteiger partial charge in [-0.25, -0.2) is 4.98 Å². The van der Waals surface area contributed by atoms with Crippen molar-refractivity contribution in [3.8, 4) is 27.8 Å². The molecule has 0 atom stereocenters. The van der Waals surface area contributed by atoms with Crippen molar-refractivity contribution in [2.45, 2.75) is 24.1 Å². The van der Waals surface area contributed by atoms with Crippen molar-refractivity contribution in [1.82, 2.24) is 19.7 Å². The van der Waals surface area contributed by atoms with Crippen LogP contribution in [0.15, 0.2) is 65.7 Å². The van der Waals surface area contributed by atoms with Gasteiger partial charge in [-0.2, -0.15) is 0 Å². The highest BCUT2D eigenvalue weighted by molar-refractivity contribution is 7.98. The van der Waals surface area contributed by atoms with Gasteiger partial charge in [0.05, 0.1) is 5.69 Å². The Morgan fingerprint density at radius 2 is 2.00 bits per heavy atom. The molecule has 0 aliphatic carbocycles. The molecule has 0 N–H and O–H groups in total. The second kappa shape index (κ2) is 9.86. The summed E-state index contributed by atoms with van der Waals surface area (Å²) in [6.07, 6.45) is 1.82. The highest BCUT2D eigenvalue weighted by atomic mass is 35.5. The lowest BCUT2D eigenvalue weighted by atomic mass is 10.2. The number of rotatable bonds is 9. The van der Waals surface area contributed by atoms with Crippen LogP contribution in [0.25, 0.3) is 10.6 Å². The minimum Gasteiger partial charge on any atom is -0.486 e. The zero-order valence-electron chi connectivity index (χ0n) is 17.4. The zero-order valence-corrected chi connectivity index (χ0v) is 19.8. The molecule has 1 aliphatic heterocycles. The molecule has 3 heterocycles. The van der Waals surface area contributed by atoms with Crippen molar-refractivity contribution < 1.29 is 14.2 Å². The Labute approximate surface area is 204 Å². The fraction of sp³-hybridized carbons (Fsp3) is 0.174. The van der Waals surface area contributed by atoms with E-state index in [-0.39, 0.29) is 6.79 Å². The first-order valence-corrected chi connectivity index (χ1v) is 12.3. The number of thiazole rings is 1. The zero-order chi connectivity index (χ0) is 22.6. The molecule has 2 aromatic heterocycles. The maximum atomic E-state index is 5.93. The first kappa shape index (κ1) is 21.8. The lowest BCUT2D eigenvalue weighted by molar-refractivity contribution is 0.174. The number of fused-ring (bicyclic) bond motifs is 1. The highest BCUT2D eigenvalue weighted by Gasteiger charge is 2.16. The van der Waals surface area contributed by atoms with Gasteiger partial charge in [-0.3, -0.25) is 4.57 Å². The first-order valence-electron chi connectivity index (χ1n) is 10.1. The van der Waals surface area contributed by atoms with E-state index in [1.165, 1.54) is 0 Å². The van der Waals surface area contributed by atoms with Crippen molar-refractivity contribution in [1.29, 1.82) is 0 Å². The van der Waals surface area contributed by atoms with Gasteiger partial charge in [0.15, 0.2) is 22.5 Å². The number of halogens is 1. The van der Waals surface area contributed by atoms with Gasteiger partial charge in [-0.15, -0.1) is 28.1 Å². The van der Waals surface area contributed by atoms with Crippen LogP contribution in [0.4, 0.5) is 0 Å². The molecule has 10 heteroatoms. The third-order valence-electron chi connectivity index (χ3n) is 4.81. The van der Waals surface area contributed by atoms with Crippen molar-refractivity contribution in [2.75, 3.05) is 6.79 Å². The van der Waals surface area contributed by atoms with Crippen molar-refractivity contribution >= 4 is 34.7 Å². The summed E-state index contributed by atoms with van der Waals surface area (Å²) in [5.74, 6) is 3.65. The molecule has 0 saturated carbocycles. The highest BCUT2D eigenvalue weighted by Crippen LogP contribution is 2.37. The van der Waals surface area contributed by atoms with Crippen LogP contribution in [0.5, 0.6) is 17.2 Å². The molecule has 7 nitrogen and oxygen atoms in total. The maximum Gasteiger partial charge on any atom is 0.231 e. The first-order chi connectivity index (χ1) is 16.2. The number of hydrogen-bond acceptors (Lipinski definition) is 8. The van der Waals surface area contributed by atoms with Crippen LogP contribution in [0.1, 0.15) is 11.5 Å². The summed E-state index contributed by atoms with van der Waals surface area (Å²) in [5, 5.41) is 13.1. The van der Waals surface area contributed by atoms with E-state index in [0.29, 0.717) is 23.9 Å². The second-order valence-electron chi connectivity index (χ2n) is 7.04. The normalized spacial score (nSPS) is 12.2. The van der Waals surface area contributed by atoms with Gasteiger partial charge in [0.2, 0.25) is 6.79 Å². The summed E-state index contributed by atoms with van der Waals surface area (Å²) < 4.78 is 18.7. The van der Waals surface area contributed by atoms with Crippen LogP contribution < -0.4 is 14.2 Å². The standard InChI is InChI=1S/C23H19ClN4O3S2/c1-2-9-28-21(11-29-18-6-4-16(24)5-7-18)26-27-23(28)33-13-17-12-32-22(25-17)15-3-8-19-20(10-15)31-14-30-19/h2-8,10,12H,1,9,11,13-14H2. The van der Waals surface area contributed by atoms with Gasteiger partial charge in [0, 0.05) is 28.3 Å². The topological polar surface area (TPSA) is 71.3 Å². The molecule has 0 radical (unpaired) electrons. The van der Waals surface area contributed by atoms with Gasteiger partial charge in [0.25, 0.3) is 0 Å². The molecule has 5 rings (SSSR count). The molecular weight excluding hydrogens is 480 g/mol. The second-order valence-corrected chi connectivity index (χ2v) is 9.28. The minimum atomic E-state index is 0.261. The van der Waals surface area contributed by atoms with Crippen LogP contribution in [0.3, 0.4) is 0 Å². The Hall–Kier alpha value is -3.01. The number of hydrogen-bond donors (Lipinski definition) is 0. The van der Waals surface area contributed by atoms with Crippen molar-refractivity contribution in [3.63, 3.8) is 0 Å². The summed E-state index contributed by atoms with van der Waals surface area (Å²) in [4.78, 5) is 4.77. The Morgan fingerprint density at radius 3 is 2.85 bits per heavy atom. The van der Waals surface area contributed by atoms with Crippen LogP contribution in [-0.2, 0) is 18.9 Å². The van der Waals surface area contributed by atoms with Gasteiger partial charge in [-0.05, 0) is 42.5 Å². The van der Waals surface area contributed by atoms with Gasteiger partial charge >= 0.3 is 0 Å². The SMILES string of the molecule is C=CCn1c(COc2ccc(Cl)cc2)nnc1SCc1csc(-c2ccc3c(c2)OCO3)n1. The Morgan fingerprint density at radius 1 is 1.15 bits per heavy atom. The molecule has 0 spiro atoms. The molecule has 0 fully saturated rings. The molecule has 0 amide bonds. The van der Waals surface area contributed by atoms with E-state index in [2.05, 4.69) is 22.2 Å². The fourth-order valence-electron chi connectivity index (χ4n) is 3.20. The summed E-state index contributed by atoms with van der Waals surface area (Å²) in [6, 6.07) is 13.1. The lowest BCUT2D eigenvalue weighted by Gasteiger charge is -2.09. The third-order valence-corrected chi connectivity index (χ3v) is 7.00. The van der Waals surface area contributed by atoms with E-state index in [9.17, 15) is 0 Å². The number of thioether (sulfide) groups is 1. The van der Waals surface area contributed by atoms with Gasteiger partial charge < -0.3 is 14.2 Å². The van der Waals surface area contributed by atoms with Crippen LogP contribution in [0.2, 0.25) is 5.02 Å². The van der Waals surface area contributed by atoms with E-state index in [1.54, 1.807) is 35.2 Å². The van der Waals surface area contributed by atoms with Crippen molar-refractivity contribution in [2.24, 2.45) is 0 Å². The summed E-state index contributed by atoms with van der Waals surface area (Å²) in [6.45, 7) is 5.01. The molecule has 0 bridgehead atoms. The van der Waals surface area contributed by atoms with E-state index < -0.39 is 0 Å². The Bertz CT molecular complexity index is 1270. The molecule has 2 aromatic carbocycles. The predicted molar refractivity (Wildman–Crippen MR) is 129 cm³/mol. The van der Waals surface area contributed by atoms with Gasteiger partial charge in [0.1, 0.15) is 17.4 Å². The molecule has 1 aliphatic rings. The average Bonchev–Trinajstić information content (AvgIpc) is 3.57. The van der Waals surface area contributed by atoms with Crippen LogP contribution in [0, 0.1) is 0 Å². The largest absolute Gasteiger partial charge is 0.486 e. The third kappa shape index (κ3) is 5.00. The number of allylic oxidation sites excluding steroid dienone is 1. The molecule has 4 aromatic rings. The minimum absolute atomic E-state index is 0.261. The number of nitrogens with zero attached hydrogens (tertiary/aromatic N) is 4. The molecule has 0 saturated heterocycles. The molecule has 33 heavy (non-hydrogen) atoms. The fourth-order valence-corrected chi connectivity index (χ4v) is 5.10. The summed E-state index contributed by atoms with van der Waals surface area (Å²) in [7, 11) is 0. The molecule has 0 unspecified atom stereocenters. The number of benzene rings is 2. The predicted octanol–water partition coefficient (Wildman–Crippen LogP) is 5.84. The Balaban J connectivity index is 1.25. The number of ether oxygens (including phenoxy) is 3. The Kier molecular flexibility index (Phi) is 6.52. The lowest BCUT2D eigenvalue weighted by Crippen LogP contribution is -2.07. The monoisotopic (exact) mass is 498 g/mol. The van der Waals surface area contributed by atoms with Crippen molar-refractivity contribution in [3.05, 3.63) is 77.0 Å². The van der Waals surface area contributed by atoms with E-state index in [1.807, 2.05) is 41.0 Å². The van der Waals surface area contributed by atoms with E-state index in [4.69, 9.17) is 30.8 Å². The smallest absolute Gasteiger partial charge is 0.231 e. The maximum absolute atomic E-state index is 5.93. The van der Waals surface area contributed by atoms with Crippen LogP contribution >= 0.6 is 34.7 Å².